The number of anilines is 2. The smallest absolute Gasteiger partial charge is 0.208 e. The van der Waals surface area contributed by atoms with Crippen molar-refractivity contribution in [1.29, 1.82) is 0 Å². The van der Waals surface area contributed by atoms with Crippen LogP contribution in [0, 0.1) is 0 Å². The maximum Gasteiger partial charge on any atom is 0.208 e. The van der Waals surface area contributed by atoms with Crippen molar-refractivity contribution in [2.24, 2.45) is 0 Å². The van der Waals surface area contributed by atoms with Crippen LogP contribution in [0.5, 0.6) is 28.7 Å². The number of rotatable bonds is 4. The molecule has 1 aliphatic carbocycles. The summed E-state index contributed by atoms with van der Waals surface area (Å²) in [5.41, 5.74) is 7.40. The molecule has 0 fully saturated rings. The van der Waals surface area contributed by atoms with E-state index in [1.165, 1.54) is 29.5 Å². The molecule has 0 atom stereocenters. The molecule has 196 valence electrons. The lowest BCUT2D eigenvalue weighted by atomic mass is 9.63. The number of hydrogen-bond acceptors (Lipinski definition) is 6. The van der Waals surface area contributed by atoms with Gasteiger partial charge in [0.1, 0.15) is 0 Å². The first-order valence-corrected chi connectivity index (χ1v) is 12.7. The quantitative estimate of drug-likeness (QED) is 0.124. The van der Waals surface area contributed by atoms with Gasteiger partial charge in [0.25, 0.3) is 0 Å². The number of nitrogens with one attached hydrogen (secondary N) is 1. The molecule has 4 aromatic carbocycles. The van der Waals surface area contributed by atoms with Gasteiger partial charge >= 0.3 is 0 Å². The monoisotopic (exact) mass is 511 g/mol. The van der Waals surface area contributed by atoms with Gasteiger partial charge in [0, 0.05) is 11.4 Å². The summed E-state index contributed by atoms with van der Waals surface area (Å²) in [5.74, 6) is -4.22. The Hall–Kier alpha value is -4.32. The number of phenols is 5. The number of hydrogen-bond donors (Lipinski definition) is 6. The molecule has 4 aromatic rings. The van der Waals surface area contributed by atoms with Crippen molar-refractivity contribution < 1.29 is 25.5 Å². The highest BCUT2D eigenvalue weighted by atomic mass is 16.4. The number of fused-ring (bicyclic) bond motifs is 1. The van der Waals surface area contributed by atoms with Crippen molar-refractivity contribution in [3.8, 4) is 51.0 Å². The second kappa shape index (κ2) is 8.91. The molecule has 6 heteroatoms. The molecule has 0 unspecified atom stereocenters. The molecule has 6 N–H and O–H groups in total. The van der Waals surface area contributed by atoms with Crippen LogP contribution in [0.2, 0.25) is 0 Å². The zero-order valence-corrected chi connectivity index (χ0v) is 22.0. The highest BCUT2D eigenvalue weighted by Gasteiger charge is 2.37. The standard InChI is InChI=1S/C32H33NO5/c1-31(2)15-16-32(3,4)24-17-20(9-14-23(24)31)18-5-10-21(11-6-18)33-22-12-7-19(8-13-22)25-26(34)28(36)30(38)29(37)27(25)35/h5-14,17,33-38H,15-16H2,1-4H3. The fraction of sp³-hybridized carbons (Fsp3) is 0.250. The number of benzene rings is 4. The lowest BCUT2D eigenvalue weighted by Crippen LogP contribution is -2.33. The second-order valence-electron chi connectivity index (χ2n) is 11.4. The van der Waals surface area contributed by atoms with E-state index in [9.17, 15) is 25.5 Å². The van der Waals surface area contributed by atoms with E-state index >= 15 is 0 Å². The van der Waals surface area contributed by atoms with Crippen molar-refractivity contribution in [3.05, 3.63) is 77.9 Å². The number of aromatic hydroxyl groups is 5. The normalized spacial score (nSPS) is 15.6. The van der Waals surface area contributed by atoms with Gasteiger partial charge in [0.2, 0.25) is 17.2 Å². The van der Waals surface area contributed by atoms with Gasteiger partial charge in [-0.3, -0.25) is 0 Å². The maximum absolute atomic E-state index is 10.2. The Morgan fingerprint density at radius 3 is 1.45 bits per heavy atom. The van der Waals surface area contributed by atoms with Gasteiger partial charge in [-0.25, -0.2) is 0 Å². The van der Waals surface area contributed by atoms with Crippen LogP contribution >= 0.6 is 0 Å². The lowest BCUT2D eigenvalue weighted by molar-refractivity contribution is 0.330. The fourth-order valence-corrected chi connectivity index (χ4v) is 5.36. The second-order valence-corrected chi connectivity index (χ2v) is 11.4. The summed E-state index contributed by atoms with van der Waals surface area (Å²) in [6.45, 7) is 9.33. The van der Waals surface area contributed by atoms with Crippen molar-refractivity contribution in [1.82, 2.24) is 0 Å². The Kier molecular flexibility index (Phi) is 5.94. The number of phenolic OH excluding ortho intramolecular Hbond substituents is 5. The van der Waals surface area contributed by atoms with E-state index in [0.29, 0.717) is 5.56 Å². The zero-order chi connectivity index (χ0) is 27.4. The molecule has 0 bridgehead atoms. The Balaban J connectivity index is 1.37. The Labute approximate surface area is 222 Å². The first-order chi connectivity index (χ1) is 17.9. The van der Waals surface area contributed by atoms with Gasteiger partial charge in [0.15, 0.2) is 11.5 Å². The highest BCUT2D eigenvalue weighted by Crippen LogP contribution is 2.54. The van der Waals surface area contributed by atoms with Crippen LogP contribution in [0.1, 0.15) is 51.7 Å². The van der Waals surface area contributed by atoms with Crippen molar-refractivity contribution in [3.63, 3.8) is 0 Å². The molecule has 0 radical (unpaired) electrons. The van der Waals surface area contributed by atoms with Gasteiger partial charge < -0.3 is 30.8 Å². The maximum atomic E-state index is 10.2. The average Bonchev–Trinajstić information content (AvgIpc) is 2.90. The molecule has 0 saturated heterocycles. The zero-order valence-electron chi connectivity index (χ0n) is 22.0. The van der Waals surface area contributed by atoms with E-state index in [-0.39, 0.29) is 16.4 Å². The summed E-state index contributed by atoms with van der Waals surface area (Å²) >= 11 is 0. The molecule has 0 saturated carbocycles. The first kappa shape index (κ1) is 25.3. The summed E-state index contributed by atoms with van der Waals surface area (Å²) in [6.07, 6.45) is 2.36. The van der Waals surface area contributed by atoms with Crippen LogP contribution in [-0.4, -0.2) is 25.5 Å². The van der Waals surface area contributed by atoms with Crippen molar-refractivity contribution in [2.75, 3.05) is 5.32 Å². The topological polar surface area (TPSA) is 113 Å². The third kappa shape index (κ3) is 4.26. The molecule has 0 aromatic heterocycles. The minimum Gasteiger partial charge on any atom is -0.504 e. The van der Waals surface area contributed by atoms with E-state index in [4.69, 9.17) is 0 Å². The van der Waals surface area contributed by atoms with Crippen molar-refractivity contribution >= 4 is 11.4 Å². The highest BCUT2D eigenvalue weighted by molar-refractivity contribution is 5.85. The van der Waals surface area contributed by atoms with E-state index in [2.05, 4.69) is 63.3 Å². The van der Waals surface area contributed by atoms with Gasteiger partial charge in [-0.2, -0.15) is 0 Å². The summed E-state index contributed by atoms with van der Waals surface area (Å²) in [5, 5.41) is 53.0. The molecule has 0 spiro atoms. The minimum atomic E-state index is -0.978. The summed E-state index contributed by atoms with van der Waals surface area (Å²) in [6, 6.07) is 21.8. The van der Waals surface area contributed by atoms with E-state index < -0.39 is 28.7 Å². The molecule has 0 amide bonds. The SMILES string of the molecule is CC1(C)CCC(C)(C)c2cc(-c3ccc(Nc4ccc(-c5c(O)c(O)c(O)c(O)c5O)cc4)cc3)ccc21. The fourth-order valence-electron chi connectivity index (χ4n) is 5.36. The van der Waals surface area contributed by atoms with Crippen molar-refractivity contribution in [2.45, 2.75) is 51.4 Å². The van der Waals surface area contributed by atoms with Crippen LogP contribution in [0.15, 0.2) is 66.7 Å². The molecule has 0 heterocycles. The van der Waals surface area contributed by atoms with E-state index in [1.54, 1.807) is 24.3 Å². The third-order valence-corrected chi connectivity index (χ3v) is 7.90. The minimum absolute atomic E-state index is 0.153. The molecule has 38 heavy (non-hydrogen) atoms. The first-order valence-electron chi connectivity index (χ1n) is 12.7. The Bertz CT molecular complexity index is 1490. The summed E-state index contributed by atoms with van der Waals surface area (Å²) < 4.78 is 0. The van der Waals surface area contributed by atoms with Crippen LogP contribution in [0.4, 0.5) is 11.4 Å². The summed E-state index contributed by atoms with van der Waals surface area (Å²) in [7, 11) is 0. The third-order valence-electron chi connectivity index (χ3n) is 7.90. The largest absolute Gasteiger partial charge is 0.504 e. The van der Waals surface area contributed by atoms with Crippen LogP contribution in [0.3, 0.4) is 0 Å². The van der Waals surface area contributed by atoms with Gasteiger partial charge in [-0.1, -0.05) is 70.2 Å². The molecular weight excluding hydrogens is 478 g/mol. The van der Waals surface area contributed by atoms with Gasteiger partial charge in [0.05, 0.1) is 5.56 Å². The van der Waals surface area contributed by atoms with Crippen LogP contribution in [-0.2, 0) is 10.8 Å². The molecule has 0 aliphatic heterocycles. The Morgan fingerprint density at radius 1 is 0.500 bits per heavy atom. The Morgan fingerprint density at radius 2 is 0.921 bits per heavy atom. The average molecular weight is 512 g/mol. The predicted molar refractivity (Wildman–Crippen MR) is 151 cm³/mol. The summed E-state index contributed by atoms with van der Waals surface area (Å²) in [4.78, 5) is 0. The molecule has 1 aliphatic rings. The van der Waals surface area contributed by atoms with E-state index in [0.717, 1.165) is 16.9 Å². The lowest BCUT2D eigenvalue weighted by Gasteiger charge is -2.42. The van der Waals surface area contributed by atoms with Gasteiger partial charge in [-0.15, -0.1) is 0 Å². The molecule has 6 nitrogen and oxygen atoms in total. The van der Waals surface area contributed by atoms with Crippen LogP contribution in [0.25, 0.3) is 22.3 Å². The molecular formula is C32H33NO5. The molecule has 5 rings (SSSR count). The van der Waals surface area contributed by atoms with Gasteiger partial charge in [-0.05, 0) is 75.8 Å². The predicted octanol–water partition coefficient (Wildman–Crippen LogP) is 7.64. The van der Waals surface area contributed by atoms with E-state index in [1.807, 2.05) is 12.1 Å². The van der Waals surface area contributed by atoms with Crippen LogP contribution < -0.4 is 5.32 Å².